The Morgan fingerprint density at radius 2 is 1.95 bits per heavy atom. The Morgan fingerprint density at radius 1 is 1.21 bits per heavy atom. The molecule has 0 amide bonds. The predicted octanol–water partition coefficient (Wildman–Crippen LogP) is 3.19. The molecule has 3 aromatic rings. The molecule has 3 rings (SSSR count). The first-order valence-electron chi connectivity index (χ1n) is 5.85. The molecule has 0 atom stereocenters. The Bertz CT molecular complexity index is 760. The molecule has 0 N–H and O–H groups in total. The van der Waals surface area contributed by atoms with E-state index < -0.39 is 0 Å². The fourth-order valence-corrected chi connectivity index (χ4v) is 2.11. The van der Waals surface area contributed by atoms with Crippen LogP contribution in [0.5, 0.6) is 0 Å². The van der Waals surface area contributed by atoms with Crippen molar-refractivity contribution in [3.05, 3.63) is 54.1 Å². The maximum Gasteiger partial charge on any atom is 0.150 e. The maximum absolute atomic E-state index is 14.1. The van der Waals surface area contributed by atoms with Crippen molar-refractivity contribution in [3.8, 4) is 11.1 Å². The highest BCUT2D eigenvalue weighted by molar-refractivity contribution is 5.83. The van der Waals surface area contributed by atoms with Gasteiger partial charge in [-0.05, 0) is 11.6 Å². The number of imidazole rings is 1. The van der Waals surface area contributed by atoms with Crippen molar-refractivity contribution >= 4 is 17.3 Å². The summed E-state index contributed by atoms with van der Waals surface area (Å²) >= 11 is 0. The first-order valence-corrected chi connectivity index (χ1v) is 5.85. The highest BCUT2D eigenvalue weighted by atomic mass is 19.1. The summed E-state index contributed by atoms with van der Waals surface area (Å²) in [7, 11) is 1.87. The average molecular weight is 254 g/mol. The predicted molar refractivity (Wildman–Crippen MR) is 71.5 cm³/mol. The summed E-state index contributed by atoms with van der Waals surface area (Å²) in [5, 5.41) is 0. The van der Waals surface area contributed by atoms with E-state index in [2.05, 4.69) is 4.98 Å². The summed E-state index contributed by atoms with van der Waals surface area (Å²) < 4.78 is 15.9. The third-order valence-electron chi connectivity index (χ3n) is 3.17. The van der Waals surface area contributed by atoms with Gasteiger partial charge in [-0.25, -0.2) is 9.37 Å². The number of aryl methyl sites for hydroxylation is 1. The van der Waals surface area contributed by atoms with E-state index in [4.69, 9.17) is 0 Å². The van der Waals surface area contributed by atoms with Crippen molar-refractivity contribution in [2.24, 2.45) is 7.05 Å². The second-order valence-corrected chi connectivity index (χ2v) is 4.42. The van der Waals surface area contributed by atoms with Crippen LogP contribution >= 0.6 is 0 Å². The number of rotatable bonds is 2. The van der Waals surface area contributed by atoms with Crippen molar-refractivity contribution in [3.63, 3.8) is 0 Å². The number of hydrogen-bond donors (Lipinski definition) is 0. The zero-order valence-corrected chi connectivity index (χ0v) is 10.3. The fourth-order valence-electron chi connectivity index (χ4n) is 2.11. The molecule has 1 heterocycles. The lowest BCUT2D eigenvalue weighted by molar-refractivity contribution is 0.112. The first kappa shape index (κ1) is 11.6. The van der Waals surface area contributed by atoms with Crippen LogP contribution in [-0.4, -0.2) is 15.8 Å². The molecular formula is C15H11FN2O. The van der Waals surface area contributed by atoms with E-state index in [9.17, 15) is 9.18 Å². The van der Waals surface area contributed by atoms with Crippen LogP contribution in [-0.2, 0) is 7.05 Å². The zero-order valence-electron chi connectivity index (χ0n) is 10.3. The fraction of sp³-hybridized carbons (Fsp3) is 0.0667. The molecule has 0 fully saturated rings. The van der Waals surface area contributed by atoms with Gasteiger partial charge in [0.05, 0.1) is 17.4 Å². The van der Waals surface area contributed by atoms with E-state index in [1.54, 1.807) is 36.7 Å². The summed E-state index contributed by atoms with van der Waals surface area (Å²) in [6.07, 6.45) is 2.42. The van der Waals surface area contributed by atoms with Crippen LogP contribution in [0.4, 0.5) is 4.39 Å². The highest BCUT2D eigenvalue weighted by Crippen LogP contribution is 2.27. The lowest BCUT2D eigenvalue weighted by atomic mass is 10.0. The molecule has 0 radical (unpaired) electrons. The van der Waals surface area contributed by atoms with E-state index in [0.717, 1.165) is 17.4 Å². The lowest BCUT2D eigenvalue weighted by Gasteiger charge is -2.05. The quantitative estimate of drug-likeness (QED) is 0.658. The number of carbonyl (C=O) groups excluding carboxylic acids is 1. The normalized spacial score (nSPS) is 10.8. The van der Waals surface area contributed by atoms with Crippen molar-refractivity contribution in [1.82, 2.24) is 9.55 Å². The Hall–Kier alpha value is -2.49. The largest absolute Gasteiger partial charge is 0.334 e. The second kappa shape index (κ2) is 4.31. The van der Waals surface area contributed by atoms with Crippen LogP contribution in [0.25, 0.3) is 22.2 Å². The Balaban J connectivity index is 2.19. The van der Waals surface area contributed by atoms with Crippen LogP contribution in [0.3, 0.4) is 0 Å². The number of benzene rings is 2. The third-order valence-corrected chi connectivity index (χ3v) is 3.17. The molecule has 0 aliphatic heterocycles. The molecule has 1 aromatic heterocycles. The van der Waals surface area contributed by atoms with Crippen molar-refractivity contribution in [2.75, 3.05) is 0 Å². The van der Waals surface area contributed by atoms with Gasteiger partial charge in [0.1, 0.15) is 12.1 Å². The minimum atomic E-state index is -0.315. The van der Waals surface area contributed by atoms with Gasteiger partial charge in [0, 0.05) is 24.2 Å². The molecule has 19 heavy (non-hydrogen) atoms. The summed E-state index contributed by atoms with van der Waals surface area (Å²) in [6.45, 7) is 0. The van der Waals surface area contributed by atoms with Gasteiger partial charge in [0.2, 0.25) is 0 Å². The van der Waals surface area contributed by atoms with Gasteiger partial charge in [-0.3, -0.25) is 4.79 Å². The molecule has 0 saturated carbocycles. The SMILES string of the molecule is Cn1cnc2cc(F)c(-c3ccc(C=O)cc3)cc21. The van der Waals surface area contributed by atoms with Gasteiger partial charge in [-0.1, -0.05) is 24.3 Å². The monoisotopic (exact) mass is 254 g/mol. The summed E-state index contributed by atoms with van der Waals surface area (Å²) in [5.41, 5.74) is 3.33. The number of hydrogen-bond acceptors (Lipinski definition) is 2. The molecule has 94 valence electrons. The van der Waals surface area contributed by atoms with Gasteiger partial charge in [-0.15, -0.1) is 0 Å². The van der Waals surface area contributed by atoms with Crippen LogP contribution in [0.2, 0.25) is 0 Å². The molecule has 0 saturated heterocycles. The van der Waals surface area contributed by atoms with E-state index >= 15 is 0 Å². The molecule has 4 heteroatoms. The number of nitrogens with zero attached hydrogens (tertiary/aromatic N) is 2. The number of carbonyl (C=O) groups is 1. The highest BCUT2D eigenvalue weighted by Gasteiger charge is 2.09. The van der Waals surface area contributed by atoms with Crippen LogP contribution < -0.4 is 0 Å². The lowest BCUT2D eigenvalue weighted by Crippen LogP contribution is -1.89. The number of halogens is 1. The first-order chi connectivity index (χ1) is 9.19. The molecule has 0 spiro atoms. The van der Waals surface area contributed by atoms with Crippen LogP contribution in [0, 0.1) is 5.82 Å². The molecule has 0 aliphatic rings. The van der Waals surface area contributed by atoms with Gasteiger partial charge in [0.15, 0.2) is 0 Å². The van der Waals surface area contributed by atoms with Crippen molar-refractivity contribution in [1.29, 1.82) is 0 Å². The number of fused-ring (bicyclic) bond motifs is 1. The van der Waals surface area contributed by atoms with E-state index in [1.165, 1.54) is 6.07 Å². The van der Waals surface area contributed by atoms with Gasteiger partial charge < -0.3 is 4.57 Å². The molecule has 3 nitrogen and oxygen atoms in total. The average Bonchev–Trinajstić information content (AvgIpc) is 2.79. The van der Waals surface area contributed by atoms with Crippen LogP contribution in [0.15, 0.2) is 42.7 Å². The Morgan fingerprint density at radius 3 is 2.63 bits per heavy atom. The molecular weight excluding hydrogens is 243 g/mol. The van der Waals surface area contributed by atoms with E-state index in [0.29, 0.717) is 16.6 Å². The minimum Gasteiger partial charge on any atom is -0.334 e. The van der Waals surface area contributed by atoms with Gasteiger partial charge >= 0.3 is 0 Å². The van der Waals surface area contributed by atoms with E-state index in [-0.39, 0.29) is 5.82 Å². The molecule has 0 aliphatic carbocycles. The minimum absolute atomic E-state index is 0.315. The molecule has 2 aromatic carbocycles. The smallest absolute Gasteiger partial charge is 0.150 e. The molecule has 0 bridgehead atoms. The van der Waals surface area contributed by atoms with Gasteiger partial charge in [0.25, 0.3) is 0 Å². The second-order valence-electron chi connectivity index (χ2n) is 4.42. The maximum atomic E-state index is 14.1. The topological polar surface area (TPSA) is 34.9 Å². The third kappa shape index (κ3) is 1.91. The van der Waals surface area contributed by atoms with Crippen molar-refractivity contribution in [2.45, 2.75) is 0 Å². The van der Waals surface area contributed by atoms with Crippen LogP contribution in [0.1, 0.15) is 10.4 Å². The van der Waals surface area contributed by atoms with Crippen molar-refractivity contribution < 1.29 is 9.18 Å². The summed E-state index contributed by atoms with van der Waals surface area (Å²) in [4.78, 5) is 14.7. The Kier molecular flexibility index (Phi) is 2.63. The Labute approximate surface area is 109 Å². The summed E-state index contributed by atoms with van der Waals surface area (Å²) in [6, 6.07) is 10.0. The summed E-state index contributed by atoms with van der Waals surface area (Å²) in [5.74, 6) is -0.315. The zero-order chi connectivity index (χ0) is 13.4. The number of aromatic nitrogens is 2. The van der Waals surface area contributed by atoms with Gasteiger partial charge in [-0.2, -0.15) is 0 Å². The number of aldehydes is 1. The standard InChI is InChI=1S/C15H11FN2O/c1-18-9-17-14-7-13(16)12(6-15(14)18)11-4-2-10(8-19)3-5-11/h2-9H,1H3. The van der Waals surface area contributed by atoms with E-state index in [1.807, 2.05) is 11.6 Å². The molecule has 0 unspecified atom stereocenters.